The van der Waals surface area contributed by atoms with Crippen molar-refractivity contribution in [1.82, 2.24) is 10.2 Å². The van der Waals surface area contributed by atoms with E-state index in [9.17, 15) is 5.11 Å². The Morgan fingerprint density at radius 3 is 2.33 bits per heavy atom. The molecule has 0 unspecified atom stereocenters. The number of hydrogen-bond acceptors (Lipinski definition) is 3. The maximum absolute atomic E-state index is 9.61. The number of nitrogens with zero attached hydrogens (tertiary/aromatic N) is 1. The van der Waals surface area contributed by atoms with E-state index in [2.05, 4.69) is 24.1 Å². The molecule has 0 bridgehead atoms. The molecule has 0 aromatic carbocycles. The minimum absolute atomic E-state index is 0.204. The molecular formula is C15H30N2O. The molecule has 0 amide bonds. The Morgan fingerprint density at radius 1 is 1.22 bits per heavy atom. The lowest BCUT2D eigenvalue weighted by atomic mass is 9.86. The quantitative estimate of drug-likeness (QED) is 0.788. The molecule has 3 nitrogen and oxygen atoms in total. The van der Waals surface area contributed by atoms with Gasteiger partial charge in [-0.25, -0.2) is 0 Å². The van der Waals surface area contributed by atoms with E-state index in [1.54, 1.807) is 0 Å². The van der Waals surface area contributed by atoms with Gasteiger partial charge in [0, 0.05) is 30.7 Å². The molecule has 1 heterocycles. The summed E-state index contributed by atoms with van der Waals surface area (Å²) >= 11 is 0. The van der Waals surface area contributed by atoms with Crippen molar-refractivity contribution < 1.29 is 5.11 Å². The Bertz CT molecular complexity index is 241. The third-order valence-electron chi connectivity index (χ3n) is 5.03. The van der Waals surface area contributed by atoms with Crippen LogP contribution in [0.3, 0.4) is 0 Å². The molecule has 1 saturated carbocycles. The second-order valence-electron chi connectivity index (χ2n) is 6.65. The highest BCUT2D eigenvalue weighted by molar-refractivity contribution is 4.88. The highest BCUT2D eigenvalue weighted by Gasteiger charge is 2.33. The topological polar surface area (TPSA) is 35.5 Å². The van der Waals surface area contributed by atoms with Gasteiger partial charge in [-0.05, 0) is 52.6 Å². The highest BCUT2D eigenvalue weighted by atomic mass is 16.3. The lowest BCUT2D eigenvalue weighted by Gasteiger charge is -2.37. The number of aliphatic hydroxyl groups excluding tert-OH is 1. The molecule has 2 N–H and O–H groups in total. The summed E-state index contributed by atoms with van der Waals surface area (Å²) in [4.78, 5) is 2.57. The standard InChI is InChI=1S/C15H30N2O/c1-13(2)17-9-5-14(6-10-17)16-11-15(12-18)7-3-4-8-15/h13-14,16,18H,3-12H2,1-2H3. The first-order valence-electron chi connectivity index (χ1n) is 7.73. The summed E-state index contributed by atoms with van der Waals surface area (Å²) in [7, 11) is 0. The minimum atomic E-state index is 0.204. The summed E-state index contributed by atoms with van der Waals surface area (Å²) in [6.45, 7) is 8.41. The average molecular weight is 254 g/mol. The van der Waals surface area contributed by atoms with Crippen molar-refractivity contribution in [2.24, 2.45) is 5.41 Å². The molecule has 1 saturated heterocycles. The highest BCUT2D eigenvalue weighted by Crippen LogP contribution is 2.37. The van der Waals surface area contributed by atoms with Crippen LogP contribution in [0.5, 0.6) is 0 Å². The van der Waals surface area contributed by atoms with Gasteiger partial charge in [-0.2, -0.15) is 0 Å². The van der Waals surface area contributed by atoms with E-state index >= 15 is 0 Å². The predicted octanol–water partition coefficient (Wildman–Crippen LogP) is 2.00. The zero-order valence-electron chi connectivity index (χ0n) is 12.1. The van der Waals surface area contributed by atoms with Crippen LogP contribution in [0, 0.1) is 5.41 Å². The largest absolute Gasteiger partial charge is 0.396 e. The van der Waals surface area contributed by atoms with Crippen molar-refractivity contribution in [2.45, 2.75) is 64.5 Å². The summed E-state index contributed by atoms with van der Waals surface area (Å²) < 4.78 is 0. The van der Waals surface area contributed by atoms with Crippen LogP contribution in [-0.4, -0.2) is 48.3 Å². The van der Waals surface area contributed by atoms with Crippen LogP contribution in [0.25, 0.3) is 0 Å². The molecule has 0 aromatic heterocycles. The summed E-state index contributed by atoms with van der Waals surface area (Å²) in [6, 6.07) is 1.36. The van der Waals surface area contributed by atoms with Gasteiger partial charge in [-0.1, -0.05) is 12.8 Å². The van der Waals surface area contributed by atoms with Crippen molar-refractivity contribution in [2.75, 3.05) is 26.2 Å². The van der Waals surface area contributed by atoms with Crippen LogP contribution in [0.1, 0.15) is 52.4 Å². The number of rotatable bonds is 5. The molecular weight excluding hydrogens is 224 g/mol. The SMILES string of the molecule is CC(C)N1CCC(NCC2(CO)CCCC2)CC1. The number of aliphatic hydroxyl groups is 1. The normalized spacial score (nSPS) is 26.0. The number of likely N-dealkylation sites (tertiary alicyclic amines) is 1. The van der Waals surface area contributed by atoms with E-state index in [1.807, 2.05) is 0 Å². The maximum Gasteiger partial charge on any atom is 0.0499 e. The lowest BCUT2D eigenvalue weighted by molar-refractivity contribution is 0.112. The molecule has 0 atom stereocenters. The predicted molar refractivity (Wildman–Crippen MR) is 75.7 cm³/mol. The van der Waals surface area contributed by atoms with Crippen LogP contribution in [0.2, 0.25) is 0 Å². The summed E-state index contributed by atoms with van der Waals surface area (Å²) in [5.41, 5.74) is 0.204. The monoisotopic (exact) mass is 254 g/mol. The Morgan fingerprint density at radius 2 is 1.83 bits per heavy atom. The second-order valence-corrected chi connectivity index (χ2v) is 6.65. The molecule has 0 radical (unpaired) electrons. The van der Waals surface area contributed by atoms with Gasteiger partial charge in [-0.15, -0.1) is 0 Å². The van der Waals surface area contributed by atoms with Crippen LogP contribution in [-0.2, 0) is 0 Å². The van der Waals surface area contributed by atoms with Gasteiger partial charge < -0.3 is 15.3 Å². The van der Waals surface area contributed by atoms with E-state index < -0.39 is 0 Å². The van der Waals surface area contributed by atoms with Crippen molar-refractivity contribution in [3.05, 3.63) is 0 Å². The number of nitrogens with one attached hydrogen (secondary N) is 1. The molecule has 18 heavy (non-hydrogen) atoms. The fourth-order valence-electron chi connectivity index (χ4n) is 3.50. The third-order valence-corrected chi connectivity index (χ3v) is 5.03. The van der Waals surface area contributed by atoms with Gasteiger partial charge in [0.25, 0.3) is 0 Å². The van der Waals surface area contributed by atoms with Crippen molar-refractivity contribution in [3.63, 3.8) is 0 Å². The minimum Gasteiger partial charge on any atom is -0.396 e. The summed E-state index contributed by atoms with van der Waals surface area (Å²) in [5.74, 6) is 0. The van der Waals surface area contributed by atoms with E-state index in [1.165, 1.54) is 51.6 Å². The molecule has 0 aromatic rings. The first kappa shape index (κ1) is 14.3. The molecule has 0 spiro atoms. The van der Waals surface area contributed by atoms with E-state index in [0.717, 1.165) is 6.54 Å². The molecule has 2 aliphatic rings. The van der Waals surface area contributed by atoms with Gasteiger partial charge in [-0.3, -0.25) is 0 Å². The van der Waals surface area contributed by atoms with Gasteiger partial charge >= 0.3 is 0 Å². The number of piperidine rings is 1. The number of hydrogen-bond donors (Lipinski definition) is 2. The van der Waals surface area contributed by atoms with E-state index in [-0.39, 0.29) is 5.41 Å². The molecule has 2 rings (SSSR count). The van der Waals surface area contributed by atoms with Gasteiger partial charge in [0.1, 0.15) is 0 Å². The van der Waals surface area contributed by atoms with E-state index in [4.69, 9.17) is 0 Å². The van der Waals surface area contributed by atoms with Gasteiger partial charge in [0.2, 0.25) is 0 Å². The third kappa shape index (κ3) is 3.46. The molecule has 1 aliphatic carbocycles. The van der Waals surface area contributed by atoms with Gasteiger partial charge in [0.05, 0.1) is 0 Å². The Balaban J connectivity index is 1.71. The molecule has 2 fully saturated rings. The first-order chi connectivity index (χ1) is 8.65. The fraction of sp³-hybridized carbons (Fsp3) is 1.00. The molecule has 1 aliphatic heterocycles. The van der Waals surface area contributed by atoms with Crippen LogP contribution in [0.4, 0.5) is 0 Å². The fourth-order valence-corrected chi connectivity index (χ4v) is 3.50. The zero-order chi connectivity index (χ0) is 13.0. The van der Waals surface area contributed by atoms with Crippen LogP contribution in [0.15, 0.2) is 0 Å². The average Bonchev–Trinajstić information content (AvgIpc) is 2.86. The Hall–Kier alpha value is -0.120. The first-order valence-corrected chi connectivity index (χ1v) is 7.73. The smallest absolute Gasteiger partial charge is 0.0499 e. The summed E-state index contributed by atoms with van der Waals surface area (Å²) in [6.07, 6.45) is 7.55. The maximum atomic E-state index is 9.61. The lowest BCUT2D eigenvalue weighted by Crippen LogP contribution is -2.47. The van der Waals surface area contributed by atoms with Crippen molar-refractivity contribution in [3.8, 4) is 0 Å². The van der Waals surface area contributed by atoms with Gasteiger partial charge in [0.15, 0.2) is 0 Å². The zero-order valence-corrected chi connectivity index (χ0v) is 12.1. The van der Waals surface area contributed by atoms with Crippen LogP contribution >= 0.6 is 0 Å². The van der Waals surface area contributed by atoms with Crippen molar-refractivity contribution >= 4 is 0 Å². The van der Waals surface area contributed by atoms with E-state index in [0.29, 0.717) is 18.7 Å². The van der Waals surface area contributed by atoms with Crippen molar-refractivity contribution in [1.29, 1.82) is 0 Å². The molecule has 106 valence electrons. The second kappa shape index (κ2) is 6.36. The Labute approximate surface area is 112 Å². The Kier molecular flexibility index (Phi) is 5.05. The summed E-state index contributed by atoms with van der Waals surface area (Å²) in [5, 5.41) is 13.3. The molecule has 3 heteroatoms. The van der Waals surface area contributed by atoms with Crippen LogP contribution < -0.4 is 5.32 Å².